The van der Waals surface area contributed by atoms with Gasteiger partial charge in [0.25, 0.3) is 5.91 Å². The van der Waals surface area contributed by atoms with Crippen LogP contribution in [0.25, 0.3) is 0 Å². The predicted molar refractivity (Wildman–Crippen MR) is 96.9 cm³/mol. The standard InChI is InChI=1S/C19H19ClFNO4/c1-3-13-4-7-15(8-5-13)25-11-18(23)26-12(2)19(24)22-17-9-6-14(21)10-16(17)20/h4-10,12H,3,11H2,1-2H3,(H,22,24)/t12-/m1/s1. The average molecular weight is 380 g/mol. The highest BCUT2D eigenvalue weighted by Gasteiger charge is 2.19. The topological polar surface area (TPSA) is 64.6 Å². The molecule has 0 aliphatic carbocycles. The van der Waals surface area contributed by atoms with Gasteiger partial charge < -0.3 is 14.8 Å². The first kappa shape index (κ1) is 19.7. The molecular weight excluding hydrogens is 361 g/mol. The van der Waals surface area contributed by atoms with Crippen LogP contribution in [0, 0.1) is 5.82 Å². The summed E-state index contributed by atoms with van der Waals surface area (Å²) in [6.45, 7) is 3.14. The first-order valence-corrected chi connectivity index (χ1v) is 8.44. The van der Waals surface area contributed by atoms with Gasteiger partial charge in [0.2, 0.25) is 0 Å². The van der Waals surface area contributed by atoms with Gasteiger partial charge >= 0.3 is 5.97 Å². The summed E-state index contributed by atoms with van der Waals surface area (Å²) in [5, 5.41) is 2.53. The molecule has 0 aliphatic heterocycles. The molecule has 0 unspecified atom stereocenters. The summed E-state index contributed by atoms with van der Waals surface area (Å²) in [5.74, 6) is -1.25. The fourth-order valence-electron chi connectivity index (χ4n) is 2.07. The Morgan fingerprint density at radius 2 is 1.88 bits per heavy atom. The predicted octanol–water partition coefficient (Wildman–Crippen LogP) is 3.99. The number of carbonyl (C=O) groups is 2. The maximum atomic E-state index is 13.0. The van der Waals surface area contributed by atoms with E-state index in [9.17, 15) is 14.0 Å². The number of ether oxygens (including phenoxy) is 2. The van der Waals surface area contributed by atoms with E-state index in [1.54, 1.807) is 12.1 Å². The number of nitrogens with one attached hydrogen (secondary N) is 1. The van der Waals surface area contributed by atoms with Crippen LogP contribution < -0.4 is 10.1 Å². The molecule has 2 aromatic carbocycles. The van der Waals surface area contributed by atoms with E-state index in [0.29, 0.717) is 5.75 Å². The van der Waals surface area contributed by atoms with Crippen LogP contribution in [-0.2, 0) is 20.7 Å². The summed E-state index contributed by atoms with van der Waals surface area (Å²) < 4.78 is 23.4. The Morgan fingerprint density at radius 3 is 2.50 bits per heavy atom. The molecule has 0 saturated heterocycles. The van der Waals surface area contributed by atoms with Crippen molar-refractivity contribution in [3.05, 3.63) is 58.9 Å². The molecule has 1 atom stereocenters. The summed E-state index contributed by atoms with van der Waals surface area (Å²) in [7, 11) is 0. The van der Waals surface area contributed by atoms with Crippen molar-refractivity contribution in [1.82, 2.24) is 0 Å². The van der Waals surface area contributed by atoms with Crippen molar-refractivity contribution in [2.24, 2.45) is 0 Å². The quantitative estimate of drug-likeness (QED) is 0.739. The minimum atomic E-state index is -1.06. The smallest absolute Gasteiger partial charge is 0.344 e. The molecule has 2 rings (SSSR count). The fraction of sp³-hybridized carbons (Fsp3) is 0.263. The van der Waals surface area contributed by atoms with E-state index >= 15 is 0 Å². The normalized spacial score (nSPS) is 11.5. The monoisotopic (exact) mass is 379 g/mol. The van der Waals surface area contributed by atoms with E-state index in [1.807, 2.05) is 19.1 Å². The Labute approximate surface area is 156 Å². The SMILES string of the molecule is CCc1ccc(OCC(=O)O[C@H](C)C(=O)Nc2ccc(F)cc2Cl)cc1. The second kappa shape index (κ2) is 9.20. The lowest BCUT2D eigenvalue weighted by Crippen LogP contribution is -2.31. The molecule has 0 aromatic heterocycles. The van der Waals surface area contributed by atoms with Crippen LogP contribution in [0.2, 0.25) is 5.02 Å². The van der Waals surface area contributed by atoms with Gasteiger partial charge in [-0.15, -0.1) is 0 Å². The van der Waals surface area contributed by atoms with Gasteiger partial charge in [0.05, 0.1) is 10.7 Å². The Hall–Kier alpha value is -2.60. The number of aryl methyl sites for hydroxylation is 1. The van der Waals surface area contributed by atoms with E-state index in [4.69, 9.17) is 21.1 Å². The lowest BCUT2D eigenvalue weighted by Gasteiger charge is -2.14. The summed E-state index contributed by atoms with van der Waals surface area (Å²) in [5.41, 5.74) is 1.39. The first-order chi connectivity index (χ1) is 12.4. The molecule has 0 aliphatic rings. The van der Waals surface area contributed by atoms with Gasteiger partial charge in [-0.1, -0.05) is 30.7 Å². The molecule has 1 N–H and O–H groups in total. The molecule has 0 fully saturated rings. The van der Waals surface area contributed by atoms with Crippen LogP contribution in [0.15, 0.2) is 42.5 Å². The Kier molecular flexibility index (Phi) is 6.97. The van der Waals surface area contributed by atoms with E-state index in [1.165, 1.54) is 13.0 Å². The Bertz CT molecular complexity index is 780. The Morgan fingerprint density at radius 1 is 1.19 bits per heavy atom. The average Bonchev–Trinajstić information content (AvgIpc) is 2.62. The van der Waals surface area contributed by atoms with Gasteiger partial charge in [-0.3, -0.25) is 4.79 Å². The molecule has 26 heavy (non-hydrogen) atoms. The molecule has 0 radical (unpaired) electrons. The van der Waals surface area contributed by atoms with Crippen LogP contribution >= 0.6 is 11.6 Å². The van der Waals surface area contributed by atoms with Gasteiger partial charge in [0, 0.05) is 0 Å². The fourth-order valence-corrected chi connectivity index (χ4v) is 2.29. The zero-order valence-electron chi connectivity index (χ0n) is 14.4. The minimum absolute atomic E-state index is 0.0516. The lowest BCUT2D eigenvalue weighted by atomic mass is 10.2. The maximum absolute atomic E-state index is 13.0. The van der Waals surface area contributed by atoms with E-state index in [-0.39, 0.29) is 17.3 Å². The van der Waals surface area contributed by atoms with Crippen molar-refractivity contribution in [2.75, 3.05) is 11.9 Å². The molecular formula is C19H19ClFNO4. The number of hydrogen-bond acceptors (Lipinski definition) is 4. The largest absolute Gasteiger partial charge is 0.482 e. The highest BCUT2D eigenvalue weighted by molar-refractivity contribution is 6.33. The molecule has 7 heteroatoms. The summed E-state index contributed by atoms with van der Waals surface area (Å²) in [6.07, 6.45) is -0.151. The van der Waals surface area contributed by atoms with Crippen LogP contribution in [0.3, 0.4) is 0 Å². The second-order valence-electron chi connectivity index (χ2n) is 5.53. The van der Waals surface area contributed by atoms with Crippen LogP contribution in [0.1, 0.15) is 19.4 Å². The molecule has 5 nitrogen and oxygen atoms in total. The van der Waals surface area contributed by atoms with Crippen molar-refractivity contribution in [1.29, 1.82) is 0 Å². The lowest BCUT2D eigenvalue weighted by molar-refractivity contribution is -0.155. The highest BCUT2D eigenvalue weighted by atomic mass is 35.5. The summed E-state index contributed by atoms with van der Waals surface area (Å²) >= 11 is 5.84. The van der Waals surface area contributed by atoms with Crippen LogP contribution in [0.4, 0.5) is 10.1 Å². The van der Waals surface area contributed by atoms with E-state index in [0.717, 1.165) is 24.1 Å². The molecule has 138 valence electrons. The molecule has 0 heterocycles. The minimum Gasteiger partial charge on any atom is -0.482 e. The summed E-state index contributed by atoms with van der Waals surface area (Å²) in [4.78, 5) is 23.9. The van der Waals surface area contributed by atoms with Crippen molar-refractivity contribution in [2.45, 2.75) is 26.4 Å². The zero-order valence-corrected chi connectivity index (χ0v) is 15.2. The third-order valence-corrected chi connectivity index (χ3v) is 3.87. The highest BCUT2D eigenvalue weighted by Crippen LogP contribution is 2.22. The molecule has 0 saturated carbocycles. The van der Waals surface area contributed by atoms with Gasteiger partial charge in [0.1, 0.15) is 11.6 Å². The number of benzene rings is 2. The number of rotatable bonds is 7. The van der Waals surface area contributed by atoms with Crippen molar-refractivity contribution in [3.63, 3.8) is 0 Å². The van der Waals surface area contributed by atoms with Gasteiger partial charge in [-0.05, 0) is 49.2 Å². The van der Waals surface area contributed by atoms with Crippen LogP contribution in [0.5, 0.6) is 5.75 Å². The van der Waals surface area contributed by atoms with Gasteiger partial charge in [0.15, 0.2) is 12.7 Å². The van der Waals surface area contributed by atoms with Crippen molar-refractivity contribution in [3.8, 4) is 5.75 Å². The molecule has 0 spiro atoms. The Balaban J connectivity index is 1.82. The van der Waals surface area contributed by atoms with Gasteiger partial charge in [-0.25, -0.2) is 9.18 Å². The van der Waals surface area contributed by atoms with E-state index in [2.05, 4.69) is 5.32 Å². The van der Waals surface area contributed by atoms with Crippen LogP contribution in [-0.4, -0.2) is 24.6 Å². The first-order valence-electron chi connectivity index (χ1n) is 8.06. The third-order valence-electron chi connectivity index (χ3n) is 3.55. The van der Waals surface area contributed by atoms with Crippen molar-refractivity contribution >= 4 is 29.2 Å². The number of hydrogen-bond donors (Lipinski definition) is 1. The number of carbonyl (C=O) groups excluding carboxylic acids is 2. The number of esters is 1. The molecule has 0 bridgehead atoms. The van der Waals surface area contributed by atoms with Crippen molar-refractivity contribution < 1.29 is 23.5 Å². The zero-order chi connectivity index (χ0) is 19.1. The number of anilines is 1. The molecule has 2 aromatic rings. The molecule has 1 amide bonds. The maximum Gasteiger partial charge on any atom is 0.344 e. The third kappa shape index (κ3) is 5.74. The second-order valence-corrected chi connectivity index (χ2v) is 5.94. The van der Waals surface area contributed by atoms with E-state index < -0.39 is 23.8 Å². The summed E-state index contributed by atoms with van der Waals surface area (Å²) in [6, 6.07) is 10.9. The number of amides is 1. The van der Waals surface area contributed by atoms with Gasteiger partial charge in [-0.2, -0.15) is 0 Å². The number of halogens is 2.